The van der Waals surface area contributed by atoms with Crippen molar-refractivity contribution in [3.8, 4) is 12.3 Å². The standard InChI is InChI=1S/C21H25NOS.C17H23NO2.C6H14O.C4H10.2C3H8/c1-4-14(2)17-10-8-11-18(15(17)3)22-21(23)20-13-16-9-6-5-7-12-19(16)24-20;1-7-15(16(8-2)17(20)9-3)11-10-12(4)18-13(5)14(6)19;1-3-5-7-6-4-2;1-4(2)3;2*1-3-2/h4,8,10-11,13H,5-7,9,12H2,1-3H3,(H,22,23);1,10-11,16,18H,5,8-9H2,2-4,6H3;3-6H2,1-2H3;4H,1-3H3;2*3H2,1-2H3/b14-4+;12-10+,15-11+;;;;. The first-order valence-electron chi connectivity index (χ1n) is 23.0. The van der Waals surface area contributed by atoms with Gasteiger partial charge in [-0.2, -0.15) is 0 Å². The van der Waals surface area contributed by atoms with E-state index in [1.165, 1.54) is 60.6 Å². The summed E-state index contributed by atoms with van der Waals surface area (Å²) in [7, 11) is 0. The second-order valence-corrected chi connectivity index (χ2v) is 17.0. The number of terminal acetylenes is 1. The van der Waals surface area contributed by atoms with E-state index in [-0.39, 0.29) is 23.4 Å². The molecule has 0 bridgehead atoms. The van der Waals surface area contributed by atoms with E-state index in [1.54, 1.807) is 30.4 Å². The molecule has 1 aromatic carbocycles. The van der Waals surface area contributed by atoms with Crippen molar-refractivity contribution in [1.82, 2.24) is 5.32 Å². The Labute approximate surface area is 379 Å². The van der Waals surface area contributed by atoms with Gasteiger partial charge in [0.1, 0.15) is 5.78 Å². The fourth-order valence-electron chi connectivity index (χ4n) is 5.42. The Kier molecular flexibility index (Phi) is 39.1. The minimum atomic E-state index is -0.231. The summed E-state index contributed by atoms with van der Waals surface area (Å²) in [5.74, 6) is 3.22. The smallest absolute Gasteiger partial charge is 0.265 e. The van der Waals surface area contributed by atoms with Crippen molar-refractivity contribution >= 4 is 40.1 Å². The number of ketones is 2. The van der Waals surface area contributed by atoms with E-state index < -0.39 is 0 Å². The molecule has 61 heavy (non-hydrogen) atoms. The SMILES string of the molecule is C#C/C(=C\C=C(/C)NC(=C)C(C)=O)C(CC)C(=O)CC.C/C=C(\C)c1cccc(NC(=O)c2cc3c(s2)CCCCC3)c1C.CC(C)C.CCC.CCC.CCCOCCC. The van der Waals surface area contributed by atoms with Crippen molar-refractivity contribution in [2.45, 2.75) is 181 Å². The lowest BCUT2D eigenvalue weighted by molar-refractivity contribution is -0.121. The van der Waals surface area contributed by atoms with Crippen LogP contribution >= 0.6 is 11.3 Å². The number of carbonyl (C=O) groups excluding carboxylic acids is 3. The van der Waals surface area contributed by atoms with Gasteiger partial charge in [0.2, 0.25) is 0 Å². The maximum absolute atomic E-state index is 12.7. The van der Waals surface area contributed by atoms with E-state index in [0.29, 0.717) is 24.1 Å². The summed E-state index contributed by atoms with van der Waals surface area (Å²) >= 11 is 1.67. The number of anilines is 1. The lowest BCUT2D eigenvalue weighted by Gasteiger charge is -2.12. The normalized spacial score (nSPS) is 12.5. The number of amides is 1. The first kappa shape index (κ1) is 61.3. The molecule has 7 heteroatoms. The van der Waals surface area contributed by atoms with Gasteiger partial charge in [-0.3, -0.25) is 14.4 Å². The third kappa shape index (κ3) is 29.0. The monoisotopic (exact) mass is 861 g/mol. The van der Waals surface area contributed by atoms with E-state index in [9.17, 15) is 14.4 Å². The Morgan fingerprint density at radius 1 is 0.902 bits per heavy atom. The van der Waals surface area contributed by atoms with Gasteiger partial charge in [-0.05, 0) is 125 Å². The molecule has 1 atom stereocenters. The lowest BCUT2D eigenvalue weighted by atomic mass is 9.90. The molecule has 0 saturated carbocycles. The van der Waals surface area contributed by atoms with Crippen LogP contribution in [0.2, 0.25) is 0 Å². The highest BCUT2D eigenvalue weighted by atomic mass is 32.1. The maximum atomic E-state index is 12.7. The Balaban J connectivity index is -0.000000811. The number of carbonyl (C=O) groups is 3. The number of benzene rings is 1. The van der Waals surface area contributed by atoms with Crippen molar-refractivity contribution in [2.24, 2.45) is 11.8 Å². The number of rotatable bonds is 15. The highest BCUT2D eigenvalue weighted by Gasteiger charge is 2.19. The van der Waals surface area contributed by atoms with Gasteiger partial charge in [0.05, 0.1) is 16.5 Å². The van der Waals surface area contributed by atoms with Crippen LogP contribution in [0.15, 0.2) is 66.0 Å². The van der Waals surface area contributed by atoms with Crippen molar-refractivity contribution < 1.29 is 19.1 Å². The predicted molar refractivity (Wildman–Crippen MR) is 271 cm³/mol. The number of Topliss-reactive ketones (excluding diaryl/α,β-unsaturated/α-hetero) is 2. The van der Waals surface area contributed by atoms with Gasteiger partial charge >= 0.3 is 0 Å². The number of aryl methyl sites for hydroxylation is 2. The number of ether oxygens (including phenoxy) is 1. The Bertz CT molecular complexity index is 1640. The second kappa shape index (κ2) is 38.9. The molecule has 1 amide bonds. The van der Waals surface area contributed by atoms with Gasteiger partial charge in [-0.1, -0.05) is 126 Å². The van der Waals surface area contributed by atoms with Crippen molar-refractivity contribution in [3.63, 3.8) is 0 Å². The van der Waals surface area contributed by atoms with Crippen LogP contribution < -0.4 is 10.6 Å². The molecule has 1 aliphatic carbocycles. The fraction of sp³-hybridized carbons (Fsp3) is 0.574. The zero-order chi connectivity index (χ0) is 47.3. The van der Waals surface area contributed by atoms with Gasteiger partial charge in [0.15, 0.2) is 5.78 Å². The number of thiophene rings is 1. The number of fused-ring (bicyclic) bond motifs is 1. The lowest BCUT2D eigenvalue weighted by Crippen LogP contribution is -2.16. The van der Waals surface area contributed by atoms with Gasteiger partial charge in [-0.15, -0.1) is 17.8 Å². The summed E-state index contributed by atoms with van der Waals surface area (Å²) in [5, 5.41) is 5.99. The maximum Gasteiger partial charge on any atom is 0.265 e. The van der Waals surface area contributed by atoms with Crippen LogP contribution in [0, 0.1) is 31.1 Å². The summed E-state index contributed by atoms with van der Waals surface area (Å²) < 4.78 is 5.13. The average Bonchev–Trinajstić information content (AvgIpc) is 3.50. The van der Waals surface area contributed by atoms with Gasteiger partial charge in [-0.25, -0.2) is 0 Å². The largest absolute Gasteiger partial charge is 0.381 e. The summed E-state index contributed by atoms with van der Waals surface area (Å²) in [6.07, 6.45) is 23.1. The topological polar surface area (TPSA) is 84.5 Å². The minimum Gasteiger partial charge on any atom is -0.381 e. The van der Waals surface area contributed by atoms with E-state index in [0.717, 1.165) is 66.6 Å². The zero-order valence-electron chi connectivity index (χ0n) is 41.7. The number of hydrogen-bond donors (Lipinski definition) is 2. The molecule has 0 radical (unpaired) electrons. The first-order valence-corrected chi connectivity index (χ1v) is 23.8. The molecule has 344 valence electrons. The third-order valence-corrected chi connectivity index (χ3v) is 9.82. The molecule has 1 aliphatic rings. The number of allylic oxidation sites excluding steroid dienone is 7. The quantitative estimate of drug-likeness (QED) is 0.0613. The Morgan fingerprint density at radius 3 is 1.93 bits per heavy atom. The zero-order valence-corrected chi connectivity index (χ0v) is 42.5. The summed E-state index contributed by atoms with van der Waals surface area (Å²) in [6.45, 7) is 37.9. The van der Waals surface area contributed by atoms with Crippen LogP contribution in [0.25, 0.3) is 5.57 Å². The third-order valence-electron chi connectivity index (χ3n) is 8.58. The molecule has 0 spiro atoms. The molecule has 1 heterocycles. The highest BCUT2D eigenvalue weighted by molar-refractivity contribution is 7.14. The van der Waals surface area contributed by atoms with Crippen molar-refractivity contribution in [2.75, 3.05) is 18.5 Å². The van der Waals surface area contributed by atoms with Crippen molar-refractivity contribution in [1.29, 1.82) is 0 Å². The number of hydrogen-bond acceptors (Lipinski definition) is 6. The first-order chi connectivity index (χ1) is 28.9. The molecule has 0 fully saturated rings. The van der Waals surface area contributed by atoms with Crippen molar-refractivity contribution in [3.05, 3.63) is 92.5 Å². The molecular weight excluding hydrogens is 773 g/mol. The Morgan fingerprint density at radius 2 is 1.46 bits per heavy atom. The molecule has 0 saturated heterocycles. The van der Waals surface area contributed by atoms with E-state index in [1.807, 2.05) is 32.9 Å². The molecule has 2 aromatic rings. The molecule has 6 nitrogen and oxygen atoms in total. The van der Waals surface area contributed by atoms with E-state index >= 15 is 0 Å². The molecule has 1 unspecified atom stereocenters. The summed E-state index contributed by atoms with van der Waals surface area (Å²) in [5.41, 5.74) is 7.57. The molecular formula is C54H88N2O4S. The van der Waals surface area contributed by atoms with Gasteiger partial charge < -0.3 is 15.4 Å². The van der Waals surface area contributed by atoms with Crippen LogP contribution in [0.5, 0.6) is 0 Å². The highest BCUT2D eigenvalue weighted by Crippen LogP contribution is 2.31. The second-order valence-electron chi connectivity index (χ2n) is 15.8. The van der Waals surface area contributed by atoms with E-state index in [4.69, 9.17) is 11.2 Å². The predicted octanol–water partition coefficient (Wildman–Crippen LogP) is 15.5. The summed E-state index contributed by atoms with van der Waals surface area (Å²) in [4.78, 5) is 37.9. The van der Waals surface area contributed by atoms with Crippen LogP contribution in [-0.4, -0.2) is 30.7 Å². The minimum absolute atomic E-state index is 0.0199. The van der Waals surface area contributed by atoms with Gasteiger partial charge in [0, 0.05) is 48.4 Å². The fourth-order valence-corrected chi connectivity index (χ4v) is 6.57. The van der Waals surface area contributed by atoms with Crippen LogP contribution in [0.1, 0.15) is 193 Å². The van der Waals surface area contributed by atoms with Crippen LogP contribution in [-0.2, 0) is 27.2 Å². The van der Waals surface area contributed by atoms with Crippen LogP contribution in [0.3, 0.4) is 0 Å². The molecule has 3 rings (SSSR count). The average molecular weight is 861 g/mol. The summed E-state index contributed by atoms with van der Waals surface area (Å²) in [6, 6.07) is 8.21. The number of nitrogens with one attached hydrogen (secondary N) is 2. The molecule has 1 aromatic heterocycles. The van der Waals surface area contributed by atoms with E-state index in [2.05, 4.69) is 118 Å². The Hall–Kier alpha value is -3.99. The molecule has 0 aliphatic heterocycles. The molecule has 2 N–H and O–H groups in total. The van der Waals surface area contributed by atoms with Gasteiger partial charge in [0.25, 0.3) is 5.91 Å². The van der Waals surface area contributed by atoms with Crippen LogP contribution in [0.4, 0.5) is 5.69 Å².